The molecule has 25 heavy (non-hydrogen) atoms. The van der Waals surface area contributed by atoms with Gasteiger partial charge in [0.25, 0.3) is 11.8 Å². The summed E-state index contributed by atoms with van der Waals surface area (Å²) in [6.45, 7) is 6.22. The molecule has 3 rings (SSSR count). The molecule has 0 radical (unpaired) electrons. The van der Waals surface area contributed by atoms with E-state index in [1.807, 2.05) is 24.3 Å². The van der Waals surface area contributed by atoms with E-state index in [2.05, 4.69) is 13.8 Å². The molecule has 0 unspecified atom stereocenters. The Hall–Kier alpha value is -2.27. The van der Waals surface area contributed by atoms with Crippen LogP contribution in [0.4, 0.5) is 0 Å². The second-order valence-electron chi connectivity index (χ2n) is 6.46. The summed E-state index contributed by atoms with van der Waals surface area (Å²) in [4.78, 5) is 28.4. The van der Waals surface area contributed by atoms with Gasteiger partial charge in [0.05, 0.1) is 0 Å². The van der Waals surface area contributed by atoms with Crippen molar-refractivity contribution in [3.05, 3.63) is 58.5 Å². The van der Waals surface area contributed by atoms with Crippen molar-refractivity contribution in [3.8, 4) is 0 Å². The molecule has 0 N–H and O–H groups in total. The van der Waals surface area contributed by atoms with E-state index in [0.717, 1.165) is 0 Å². The summed E-state index contributed by atoms with van der Waals surface area (Å²) in [5, 5.41) is 0.196. The normalized spacial score (nSPS) is 14.9. The summed E-state index contributed by atoms with van der Waals surface area (Å²) in [6, 6.07) is 10.9. The van der Waals surface area contributed by atoms with E-state index in [0.29, 0.717) is 37.7 Å². The Labute approximate surface area is 152 Å². The summed E-state index contributed by atoms with van der Waals surface area (Å²) in [5.74, 6) is 0.478. The van der Waals surface area contributed by atoms with Gasteiger partial charge >= 0.3 is 0 Å². The van der Waals surface area contributed by atoms with Gasteiger partial charge in [-0.05, 0) is 47.3 Å². The highest BCUT2D eigenvalue weighted by Crippen LogP contribution is 2.18. The third-order valence-corrected chi connectivity index (χ3v) is 4.67. The molecule has 5 nitrogen and oxygen atoms in total. The number of carbonyl (C=O) groups is 2. The maximum absolute atomic E-state index is 12.6. The Morgan fingerprint density at radius 3 is 1.96 bits per heavy atom. The quantitative estimate of drug-likeness (QED) is 0.839. The van der Waals surface area contributed by atoms with Crippen molar-refractivity contribution in [1.29, 1.82) is 0 Å². The van der Waals surface area contributed by atoms with E-state index in [-0.39, 0.29) is 22.8 Å². The van der Waals surface area contributed by atoms with Crippen molar-refractivity contribution in [2.24, 2.45) is 0 Å². The average Bonchev–Trinajstić information content (AvgIpc) is 3.07. The molecule has 1 saturated heterocycles. The predicted molar refractivity (Wildman–Crippen MR) is 96.1 cm³/mol. The lowest BCUT2D eigenvalue weighted by atomic mass is 10.0. The van der Waals surface area contributed by atoms with Gasteiger partial charge < -0.3 is 14.2 Å². The Kier molecular flexibility index (Phi) is 5.13. The molecule has 0 saturated carbocycles. The molecular formula is C19H21ClN2O3. The Morgan fingerprint density at radius 1 is 0.920 bits per heavy atom. The van der Waals surface area contributed by atoms with Crippen LogP contribution in [0, 0.1) is 0 Å². The number of halogens is 1. The number of furan rings is 1. The molecule has 0 spiro atoms. The van der Waals surface area contributed by atoms with Crippen molar-refractivity contribution in [1.82, 2.24) is 9.80 Å². The first kappa shape index (κ1) is 17.5. The van der Waals surface area contributed by atoms with Gasteiger partial charge in [0.1, 0.15) is 0 Å². The lowest BCUT2D eigenvalue weighted by molar-refractivity contribution is 0.0518. The van der Waals surface area contributed by atoms with Gasteiger partial charge in [-0.15, -0.1) is 0 Å². The van der Waals surface area contributed by atoms with Crippen molar-refractivity contribution in [3.63, 3.8) is 0 Å². The summed E-state index contributed by atoms with van der Waals surface area (Å²) in [6.07, 6.45) is 0. The lowest BCUT2D eigenvalue weighted by Gasteiger charge is -2.34. The van der Waals surface area contributed by atoms with Gasteiger partial charge in [-0.2, -0.15) is 0 Å². The monoisotopic (exact) mass is 360 g/mol. The molecule has 0 bridgehead atoms. The summed E-state index contributed by atoms with van der Waals surface area (Å²) >= 11 is 5.72. The molecular weight excluding hydrogens is 340 g/mol. The van der Waals surface area contributed by atoms with Gasteiger partial charge in [-0.3, -0.25) is 9.59 Å². The van der Waals surface area contributed by atoms with Crippen LogP contribution in [-0.4, -0.2) is 47.8 Å². The van der Waals surface area contributed by atoms with E-state index in [1.54, 1.807) is 21.9 Å². The van der Waals surface area contributed by atoms with Crippen LogP contribution in [0.2, 0.25) is 5.22 Å². The highest BCUT2D eigenvalue weighted by molar-refractivity contribution is 6.29. The van der Waals surface area contributed by atoms with Crippen LogP contribution in [0.3, 0.4) is 0 Å². The maximum atomic E-state index is 12.6. The highest BCUT2D eigenvalue weighted by atomic mass is 35.5. The van der Waals surface area contributed by atoms with Crippen LogP contribution in [0.15, 0.2) is 40.8 Å². The SMILES string of the molecule is CC(C)c1ccc(C(=O)N2CCN(C(=O)c3ccc(Cl)o3)CC2)cc1. The molecule has 132 valence electrons. The number of amides is 2. The lowest BCUT2D eigenvalue weighted by Crippen LogP contribution is -2.50. The number of carbonyl (C=O) groups excluding carboxylic acids is 2. The van der Waals surface area contributed by atoms with Crippen LogP contribution in [-0.2, 0) is 0 Å². The van der Waals surface area contributed by atoms with Crippen molar-refractivity contribution in [2.75, 3.05) is 26.2 Å². The minimum absolute atomic E-state index is 0.00319. The molecule has 1 aromatic heterocycles. The molecule has 2 aromatic rings. The third-order valence-electron chi connectivity index (χ3n) is 4.46. The van der Waals surface area contributed by atoms with Gasteiger partial charge in [-0.25, -0.2) is 0 Å². The number of nitrogens with zero attached hydrogens (tertiary/aromatic N) is 2. The Morgan fingerprint density at radius 2 is 1.48 bits per heavy atom. The molecule has 2 amide bonds. The second kappa shape index (κ2) is 7.31. The molecule has 1 aliphatic heterocycles. The van der Waals surface area contributed by atoms with E-state index in [9.17, 15) is 9.59 Å². The minimum atomic E-state index is -0.194. The first-order chi connectivity index (χ1) is 12.0. The van der Waals surface area contributed by atoms with Crippen LogP contribution in [0.1, 0.15) is 46.2 Å². The Bertz CT molecular complexity index is 759. The average molecular weight is 361 g/mol. The number of benzene rings is 1. The van der Waals surface area contributed by atoms with Crippen LogP contribution < -0.4 is 0 Å². The fraction of sp³-hybridized carbons (Fsp3) is 0.368. The van der Waals surface area contributed by atoms with E-state index < -0.39 is 0 Å². The largest absolute Gasteiger partial charge is 0.440 e. The maximum Gasteiger partial charge on any atom is 0.289 e. The summed E-state index contributed by atoms with van der Waals surface area (Å²) < 4.78 is 5.17. The topological polar surface area (TPSA) is 53.8 Å². The molecule has 1 aromatic carbocycles. The first-order valence-corrected chi connectivity index (χ1v) is 8.77. The predicted octanol–water partition coefficient (Wildman–Crippen LogP) is 3.65. The van der Waals surface area contributed by atoms with E-state index in [1.165, 1.54) is 5.56 Å². The zero-order chi connectivity index (χ0) is 18.0. The van der Waals surface area contributed by atoms with Crippen molar-refractivity contribution >= 4 is 23.4 Å². The minimum Gasteiger partial charge on any atom is -0.440 e. The van der Waals surface area contributed by atoms with Crippen LogP contribution >= 0.6 is 11.6 Å². The zero-order valence-electron chi connectivity index (χ0n) is 14.4. The van der Waals surface area contributed by atoms with Crippen molar-refractivity contribution < 1.29 is 14.0 Å². The van der Waals surface area contributed by atoms with Gasteiger partial charge in [0.15, 0.2) is 11.0 Å². The standard InChI is InChI=1S/C19H21ClN2O3/c1-13(2)14-3-5-15(6-4-14)18(23)21-9-11-22(12-10-21)19(24)16-7-8-17(20)25-16/h3-8,13H,9-12H2,1-2H3. The fourth-order valence-corrected chi connectivity index (χ4v) is 3.04. The van der Waals surface area contributed by atoms with Gasteiger partial charge in [-0.1, -0.05) is 26.0 Å². The van der Waals surface area contributed by atoms with E-state index >= 15 is 0 Å². The number of hydrogen-bond acceptors (Lipinski definition) is 3. The van der Waals surface area contributed by atoms with Crippen molar-refractivity contribution in [2.45, 2.75) is 19.8 Å². The molecule has 2 heterocycles. The molecule has 6 heteroatoms. The number of hydrogen-bond donors (Lipinski definition) is 0. The zero-order valence-corrected chi connectivity index (χ0v) is 15.1. The van der Waals surface area contributed by atoms with Gasteiger partial charge in [0, 0.05) is 31.7 Å². The number of piperazine rings is 1. The summed E-state index contributed by atoms with van der Waals surface area (Å²) in [5.41, 5.74) is 1.89. The fourth-order valence-electron chi connectivity index (χ4n) is 2.89. The van der Waals surface area contributed by atoms with E-state index in [4.69, 9.17) is 16.0 Å². The third kappa shape index (κ3) is 3.87. The molecule has 1 aliphatic rings. The Balaban J connectivity index is 1.59. The second-order valence-corrected chi connectivity index (χ2v) is 6.84. The summed E-state index contributed by atoms with van der Waals surface area (Å²) in [7, 11) is 0. The smallest absolute Gasteiger partial charge is 0.289 e. The number of rotatable bonds is 3. The molecule has 0 atom stereocenters. The molecule has 0 aliphatic carbocycles. The first-order valence-electron chi connectivity index (χ1n) is 8.39. The molecule has 1 fully saturated rings. The van der Waals surface area contributed by atoms with Crippen LogP contribution in [0.25, 0.3) is 0 Å². The van der Waals surface area contributed by atoms with Gasteiger partial charge in [0.2, 0.25) is 0 Å². The van der Waals surface area contributed by atoms with Crippen LogP contribution in [0.5, 0.6) is 0 Å². The highest BCUT2D eigenvalue weighted by Gasteiger charge is 2.26.